The van der Waals surface area contributed by atoms with E-state index in [-0.39, 0.29) is 47.8 Å². The molecule has 2 bridgehead atoms. The fourth-order valence-electron chi connectivity index (χ4n) is 5.66. The highest BCUT2D eigenvalue weighted by atomic mass is 35.5. The molecular formula is C24H23ClN2O3. The van der Waals surface area contributed by atoms with Crippen molar-refractivity contribution in [2.24, 2.45) is 23.7 Å². The summed E-state index contributed by atoms with van der Waals surface area (Å²) in [6.07, 6.45) is 3.26. The van der Waals surface area contributed by atoms with Crippen LogP contribution in [0.5, 0.6) is 0 Å². The molecule has 2 saturated carbocycles. The molecule has 2 aromatic rings. The molecule has 1 heterocycles. The number of amides is 3. The summed E-state index contributed by atoms with van der Waals surface area (Å²) in [5.74, 6) is -0.665. The lowest BCUT2D eigenvalue weighted by atomic mass is 9.81. The largest absolute Gasteiger partial charge is 0.323 e. The van der Waals surface area contributed by atoms with Gasteiger partial charge in [-0.05, 0) is 48.8 Å². The van der Waals surface area contributed by atoms with Gasteiger partial charge >= 0.3 is 0 Å². The van der Waals surface area contributed by atoms with E-state index in [1.54, 1.807) is 24.3 Å². The third-order valence-corrected chi connectivity index (χ3v) is 7.31. The maximum absolute atomic E-state index is 13.3. The highest BCUT2D eigenvalue weighted by Gasteiger charge is 2.62. The first-order chi connectivity index (χ1) is 14.5. The second kappa shape index (κ2) is 7.55. The Morgan fingerprint density at radius 1 is 0.967 bits per heavy atom. The second-order valence-corrected chi connectivity index (χ2v) is 9.01. The van der Waals surface area contributed by atoms with E-state index in [4.69, 9.17) is 11.6 Å². The molecule has 2 aromatic carbocycles. The van der Waals surface area contributed by atoms with Gasteiger partial charge in [0, 0.05) is 6.42 Å². The molecule has 30 heavy (non-hydrogen) atoms. The highest BCUT2D eigenvalue weighted by molar-refractivity contribution is 6.33. The molecule has 5 rings (SSSR count). The van der Waals surface area contributed by atoms with Gasteiger partial charge in [0.05, 0.1) is 22.5 Å². The molecule has 0 radical (unpaired) electrons. The van der Waals surface area contributed by atoms with Crippen LogP contribution in [0.3, 0.4) is 0 Å². The smallest absolute Gasteiger partial charge is 0.248 e. The Bertz CT molecular complexity index is 981. The van der Waals surface area contributed by atoms with Crippen LogP contribution in [0.15, 0.2) is 54.6 Å². The predicted molar refractivity (Wildman–Crippen MR) is 114 cm³/mol. The van der Waals surface area contributed by atoms with Gasteiger partial charge in [0.2, 0.25) is 17.7 Å². The van der Waals surface area contributed by atoms with Crippen LogP contribution in [0.1, 0.15) is 24.8 Å². The first-order valence-electron chi connectivity index (χ1n) is 10.5. The number of benzene rings is 2. The van der Waals surface area contributed by atoms with Crippen LogP contribution in [-0.4, -0.2) is 28.7 Å². The Kier molecular flexibility index (Phi) is 4.86. The van der Waals surface area contributed by atoms with Crippen molar-refractivity contribution >= 4 is 35.0 Å². The van der Waals surface area contributed by atoms with Crippen LogP contribution in [0.25, 0.3) is 0 Å². The standard InChI is InChI=1S/C24H23ClN2O3/c25-17-8-4-5-9-18(17)26-22(28)19(12-14-6-2-1-3-7-14)27-23(29)20-15-10-11-16(13-15)21(20)24(27)30/h1-9,15-16,19-21H,10-13H2,(H,26,28)/t15-,16+,19-,20+,21+/m1/s1. The minimum Gasteiger partial charge on any atom is -0.323 e. The van der Waals surface area contributed by atoms with Gasteiger partial charge in [0.25, 0.3) is 0 Å². The summed E-state index contributed by atoms with van der Waals surface area (Å²) < 4.78 is 0. The number of hydrogen-bond acceptors (Lipinski definition) is 3. The topological polar surface area (TPSA) is 66.5 Å². The Morgan fingerprint density at radius 3 is 2.20 bits per heavy atom. The third kappa shape index (κ3) is 3.12. The molecule has 3 aliphatic rings. The number of hydrogen-bond donors (Lipinski definition) is 1. The number of fused-ring (bicyclic) bond motifs is 5. The molecule has 0 spiro atoms. The summed E-state index contributed by atoms with van der Waals surface area (Å²) in [4.78, 5) is 41.3. The van der Waals surface area contributed by atoms with Gasteiger partial charge in [0.1, 0.15) is 6.04 Å². The number of nitrogens with zero attached hydrogens (tertiary/aromatic N) is 1. The lowest BCUT2D eigenvalue weighted by Crippen LogP contribution is -2.49. The number of carbonyl (C=O) groups excluding carboxylic acids is 3. The van der Waals surface area contributed by atoms with Gasteiger partial charge in [-0.25, -0.2) is 0 Å². The number of halogens is 1. The normalized spacial score (nSPS) is 28.0. The van der Waals surface area contributed by atoms with E-state index < -0.39 is 6.04 Å². The van der Waals surface area contributed by atoms with Crippen LogP contribution < -0.4 is 5.32 Å². The summed E-state index contributed by atoms with van der Waals surface area (Å²) >= 11 is 6.21. The van der Waals surface area contributed by atoms with Gasteiger partial charge in [-0.15, -0.1) is 0 Å². The van der Waals surface area contributed by atoms with Crippen molar-refractivity contribution in [2.75, 3.05) is 5.32 Å². The van der Waals surface area contributed by atoms with Crippen molar-refractivity contribution in [3.05, 3.63) is 65.2 Å². The van der Waals surface area contributed by atoms with Crippen LogP contribution in [-0.2, 0) is 20.8 Å². The van der Waals surface area contributed by atoms with Crippen LogP contribution in [0.2, 0.25) is 5.02 Å². The molecule has 6 heteroatoms. The highest BCUT2D eigenvalue weighted by Crippen LogP contribution is 2.56. The summed E-state index contributed by atoms with van der Waals surface area (Å²) in [5.41, 5.74) is 1.37. The summed E-state index contributed by atoms with van der Waals surface area (Å²) in [6, 6.07) is 15.6. The molecule has 5 nitrogen and oxygen atoms in total. The molecule has 1 aliphatic heterocycles. The van der Waals surface area contributed by atoms with E-state index in [1.165, 1.54) is 4.90 Å². The van der Waals surface area contributed by atoms with Crippen molar-refractivity contribution in [1.29, 1.82) is 0 Å². The van der Waals surface area contributed by atoms with E-state index in [1.807, 2.05) is 30.3 Å². The molecule has 1 N–H and O–H groups in total. The van der Waals surface area contributed by atoms with Gasteiger partial charge in [-0.3, -0.25) is 19.3 Å². The lowest BCUT2D eigenvalue weighted by molar-refractivity contribution is -0.147. The molecule has 3 fully saturated rings. The number of nitrogens with one attached hydrogen (secondary N) is 1. The molecule has 5 atom stereocenters. The minimum absolute atomic E-state index is 0.174. The SMILES string of the molecule is O=C(Nc1ccccc1Cl)[C@@H](Cc1ccccc1)N1C(=O)[C@H]2[C@@H]3CC[C@@H](C3)[C@@H]2C1=O. The van der Waals surface area contributed by atoms with E-state index in [0.717, 1.165) is 24.8 Å². The summed E-state index contributed by atoms with van der Waals surface area (Å²) in [6.45, 7) is 0. The average molecular weight is 423 g/mol. The molecule has 0 aromatic heterocycles. The zero-order valence-corrected chi connectivity index (χ0v) is 17.2. The number of likely N-dealkylation sites (tertiary alicyclic amines) is 1. The van der Waals surface area contributed by atoms with Crippen molar-refractivity contribution < 1.29 is 14.4 Å². The number of para-hydroxylation sites is 1. The maximum atomic E-state index is 13.3. The van der Waals surface area contributed by atoms with Gasteiger partial charge in [0.15, 0.2) is 0 Å². The number of rotatable bonds is 5. The Hall–Kier alpha value is -2.66. The quantitative estimate of drug-likeness (QED) is 0.742. The molecular weight excluding hydrogens is 400 g/mol. The molecule has 0 unspecified atom stereocenters. The zero-order chi connectivity index (χ0) is 20.8. The predicted octanol–water partition coefficient (Wildman–Crippen LogP) is 3.92. The Labute approximate surface area is 180 Å². The number of anilines is 1. The number of imide groups is 1. The van der Waals surface area contributed by atoms with Gasteiger partial charge < -0.3 is 5.32 Å². The molecule has 154 valence electrons. The first kappa shape index (κ1) is 19.3. The monoisotopic (exact) mass is 422 g/mol. The second-order valence-electron chi connectivity index (χ2n) is 8.61. The zero-order valence-electron chi connectivity index (χ0n) is 16.5. The van der Waals surface area contributed by atoms with Gasteiger partial charge in [-0.1, -0.05) is 54.1 Å². The average Bonchev–Trinajstić information content (AvgIpc) is 3.43. The van der Waals surface area contributed by atoms with Crippen molar-refractivity contribution in [3.63, 3.8) is 0 Å². The van der Waals surface area contributed by atoms with Crippen LogP contribution >= 0.6 is 11.6 Å². The number of carbonyl (C=O) groups is 3. The van der Waals surface area contributed by atoms with Crippen molar-refractivity contribution in [3.8, 4) is 0 Å². The van der Waals surface area contributed by atoms with E-state index in [0.29, 0.717) is 10.7 Å². The van der Waals surface area contributed by atoms with Crippen LogP contribution in [0, 0.1) is 23.7 Å². The first-order valence-corrected chi connectivity index (χ1v) is 10.9. The van der Waals surface area contributed by atoms with Gasteiger partial charge in [-0.2, -0.15) is 0 Å². The van der Waals surface area contributed by atoms with E-state index in [2.05, 4.69) is 5.32 Å². The fraction of sp³-hybridized carbons (Fsp3) is 0.375. The summed E-state index contributed by atoms with van der Waals surface area (Å²) in [7, 11) is 0. The fourth-order valence-corrected chi connectivity index (χ4v) is 5.84. The molecule has 1 saturated heterocycles. The molecule has 3 amide bonds. The maximum Gasteiger partial charge on any atom is 0.248 e. The lowest BCUT2D eigenvalue weighted by Gasteiger charge is -2.27. The van der Waals surface area contributed by atoms with Crippen molar-refractivity contribution in [2.45, 2.75) is 31.7 Å². The Morgan fingerprint density at radius 2 is 1.57 bits per heavy atom. The minimum atomic E-state index is -0.895. The summed E-state index contributed by atoms with van der Waals surface area (Å²) in [5, 5.41) is 3.25. The van der Waals surface area contributed by atoms with E-state index >= 15 is 0 Å². The Balaban J connectivity index is 1.47. The van der Waals surface area contributed by atoms with Crippen LogP contribution in [0.4, 0.5) is 5.69 Å². The molecule has 2 aliphatic carbocycles. The third-order valence-electron chi connectivity index (χ3n) is 6.98. The van der Waals surface area contributed by atoms with Crippen molar-refractivity contribution in [1.82, 2.24) is 4.90 Å². The van der Waals surface area contributed by atoms with E-state index in [9.17, 15) is 14.4 Å².